The number of carbonyl (C=O) groups is 1. The number of nitrogens with zero attached hydrogens (tertiary/aromatic N) is 2. The number of hydrogen-bond donors (Lipinski definition) is 0. The van der Waals surface area contributed by atoms with Gasteiger partial charge in [-0.05, 0) is 18.2 Å². The molecule has 1 heterocycles. The molecule has 3 nitrogen and oxygen atoms in total. The maximum Gasteiger partial charge on any atom is 0.280 e. The molecule has 2 rings (SSSR count). The molecule has 0 bridgehead atoms. The molecule has 7 heteroatoms. The highest BCUT2D eigenvalue weighted by molar-refractivity contribution is 6.10. The Bertz CT molecular complexity index is 753. The Kier molecular flexibility index (Phi) is 3.98. The van der Waals surface area contributed by atoms with E-state index in [0.29, 0.717) is 12.1 Å². The molecule has 0 radical (unpaired) electrons. The van der Waals surface area contributed by atoms with Crippen LogP contribution in [0.3, 0.4) is 0 Å². The van der Waals surface area contributed by atoms with Crippen LogP contribution in [0.1, 0.15) is 33.6 Å². The van der Waals surface area contributed by atoms with Gasteiger partial charge in [0, 0.05) is 23.4 Å². The van der Waals surface area contributed by atoms with Crippen molar-refractivity contribution in [2.45, 2.75) is 6.43 Å². The van der Waals surface area contributed by atoms with Crippen LogP contribution in [-0.4, -0.2) is 10.8 Å². The normalized spacial score (nSPS) is 10.5. The lowest BCUT2D eigenvalue weighted by molar-refractivity contribution is 0.103. The molecule has 0 saturated carbocycles. The minimum atomic E-state index is -2.89. The summed E-state index contributed by atoms with van der Waals surface area (Å²) in [6.45, 7) is 0. The number of pyridine rings is 1. The van der Waals surface area contributed by atoms with Crippen molar-refractivity contribution in [2.24, 2.45) is 0 Å². The number of rotatable bonds is 3. The third kappa shape index (κ3) is 2.89. The molecule has 0 N–H and O–H groups in total. The van der Waals surface area contributed by atoms with Crippen molar-refractivity contribution in [1.82, 2.24) is 4.98 Å². The number of aromatic nitrogens is 1. The average molecular weight is 294 g/mol. The van der Waals surface area contributed by atoms with Crippen LogP contribution in [0.15, 0.2) is 30.5 Å². The molecule has 106 valence electrons. The van der Waals surface area contributed by atoms with Gasteiger partial charge in [0.25, 0.3) is 6.43 Å². The molecule has 0 aliphatic rings. The van der Waals surface area contributed by atoms with E-state index in [9.17, 15) is 22.4 Å². The van der Waals surface area contributed by atoms with E-state index in [1.165, 1.54) is 6.07 Å². The molecule has 0 saturated heterocycles. The average Bonchev–Trinajstić information content (AvgIpc) is 2.45. The van der Waals surface area contributed by atoms with Crippen LogP contribution in [0.5, 0.6) is 0 Å². The molecule has 0 aliphatic carbocycles. The monoisotopic (exact) mass is 294 g/mol. The third-order valence-corrected chi connectivity index (χ3v) is 2.68. The minimum Gasteiger partial charge on any atom is -0.289 e. The van der Waals surface area contributed by atoms with Crippen molar-refractivity contribution in [2.75, 3.05) is 0 Å². The topological polar surface area (TPSA) is 53.8 Å². The van der Waals surface area contributed by atoms with Crippen molar-refractivity contribution in [3.05, 3.63) is 64.5 Å². The second kappa shape index (κ2) is 5.71. The summed E-state index contributed by atoms with van der Waals surface area (Å²) in [6, 6.07) is 4.54. The lowest BCUT2D eigenvalue weighted by Crippen LogP contribution is -2.08. The van der Waals surface area contributed by atoms with Crippen LogP contribution < -0.4 is 0 Å². The Morgan fingerprint density at radius 2 is 1.95 bits per heavy atom. The van der Waals surface area contributed by atoms with Gasteiger partial charge >= 0.3 is 0 Å². The quantitative estimate of drug-likeness (QED) is 0.644. The van der Waals surface area contributed by atoms with Gasteiger partial charge in [0.2, 0.25) is 0 Å². The van der Waals surface area contributed by atoms with Crippen molar-refractivity contribution in [3.63, 3.8) is 0 Å². The van der Waals surface area contributed by atoms with Crippen molar-refractivity contribution < 1.29 is 22.4 Å². The zero-order valence-corrected chi connectivity index (χ0v) is 10.3. The van der Waals surface area contributed by atoms with E-state index >= 15 is 0 Å². The zero-order valence-electron chi connectivity index (χ0n) is 10.3. The first-order chi connectivity index (χ1) is 9.93. The molecule has 0 aliphatic heterocycles. The Morgan fingerprint density at radius 3 is 2.57 bits per heavy atom. The Hall–Kier alpha value is -2.75. The number of hydrogen-bond acceptors (Lipinski definition) is 3. The summed E-state index contributed by atoms with van der Waals surface area (Å²) < 4.78 is 51.7. The maximum absolute atomic E-state index is 13.4. The molecule has 0 amide bonds. The third-order valence-electron chi connectivity index (χ3n) is 2.68. The fourth-order valence-electron chi connectivity index (χ4n) is 1.73. The number of carbonyl (C=O) groups excluding carboxylic acids is 1. The lowest BCUT2D eigenvalue weighted by atomic mass is 9.98. The number of ketones is 1. The van der Waals surface area contributed by atoms with Crippen LogP contribution in [0.25, 0.3) is 0 Å². The van der Waals surface area contributed by atoms with E-state index in [2.05, 4.69) is 4.98 Å². The first-order valence-electron chi connectivity index (χ1n) is 5.62. The highest BCUT2D eigenvalue weighted by Gasteiger charge is 2.20. The minimum absolute atomic E-state index is 0.234. The zero-order chi connectivity index (χ0) is 15.6. The highest BCUT2D eigenvalue weighted by Crippen LogP contribution is 2.21. The second-order valence-corrected chi connectivity index (χ2v) is 4.02. The summed E-state index contributed by atoms with van der Waals surface area (Å²) in [5.74, 6) is -3.17. The van der Waals surface area contributed by atoms with Gasteiger partial charge in [-0.25, -0.2) is 17.6 Å². The number of nitriles is 1. The molecule has 0 atom stereocenters. The van der Waals surface area contributed by atoms with Crippen molar-refractivity contribution in [3.8, 4) is 6.07 Å². The van der Waals surface area contributed by atoms with E-state index in [-0.39, 0.29) is 5.56 Å². The van der Waals surface area contributed by atoms with Crippen LogP contribution in [0.2, 0.25) is 0 Å². The fourth-order valence-corrected chi connectivity index (χ4v) is 1.73. The molecule has 0 spiro atoms. The summed E-state index contributed by atoms with van der Waals surface area (Å²) in [5, 5.41) is 8.83. The standard InChI is InChI=1S/C14H6F4N2O/c15-8-4-9(10(6-19)11(16)5-8)13(21)7-1-2-20-12(3-7)14(17)18/h1-5,14H. The van der Waals surface area contributed by atoms with Crippen molar-refractivity contribution in [1.29, 1.82) is 5.26 Å². The lowest BCUT2D eigenvalue weighted by Gasteiger charge is -2.06. The Balaban J connectivity index is 2.55. The van der Waals surface area contributed by atoms with Gasteiger partial charge in [-0.15, -0.1) is 0 Å². The SMILES string of the molecule is N#Cc1c(F)cc(F)cc1C(=O)c1ccnc(C(F)F)c1. The van der Waals surface area contributed by atoms with E-state index in [1.54, 1.807) is 0 Å². The molecule has 1 aromatic carbocycles. The summed E-state index contributed by atoms with van der Waals surface area (Å²) in [5.41, 5.74) is -2.05. The fraction of sp³-hybridized carbons (Fsp3) is 0.0714. The van der Waals surface area contributed by atoms with E-state index in [0.717, 1.165) is 18.3 Å². The summed E-state index contributed by atoms with van der Waals surface area (Å²) in [7, 11) is 0. The second-order valence-electron chi connectivity index (χ2n) is 4.02. The Morgan fingerprint density at radius 1 is 1.24 bits per heavy atom. The molecule has 0 fully saturated rings. The van der Waals surface area contributed by atoms with E-state index in [4.69, 9.17) is 5.26 Å². The van der Waals surface area contributed by atoms with Crippen molar-refractivity contribution >= 4 is 5.78 Å². The van der Waals surface area contributed by atoms with Gasteiger partial charge in [-0.2, -0.15) is 5.26 Å². The Labute approximate surface area is 116 Å². The smallest absolute Gasteiger partial charge is 0.280 e. The van der Waals surface area contributed by atoms with Crippen LogP contribution in [-0.2, 0) is 0 Å². The number of alkyl halides is 2. The van der Waals surface area contributed by atoms with E-state index in [1.807, 2.05) is 0 Å². The predicted octanol–water partition coefficient (Wildman–Crippen LogP) is 3.40. The van der Waals surface area contributed by atoms with Gasteiger partial charge in [-0.1, -0.05) is 0 Å². The van der Waals surface area contributed by atoms with E-state index < -0.39 is 40.7 Å². The summed E-state index contributed by atoms with van der Waals surface area (Å²) in [6.07, 6.45) is -1.91. The highest BCUT2D eigenvalue weighted by atomic mass is 19.3. The summed E-state index contributed by atoms with van der Waals surface area (Å²) in [4.78, 5) is 15.5. The van der Waals surface area contributed by atoms with Gasteiger partial charge in [-0.3, -0.25) is 9.78 Å². The molecule has 2 aromatic rings. The van der Waals surface area contributed by atoms with Crippen LogP contribution in [0, 0.1) is 23.0 Å². The van der Waals surface area contributed by atoms with Gasteiger partial charge in [0.15, 0.2) is 5.78 Å². The molecule has 21 heavy (non-hydrogen) atoms. The van der Waals surface area contributed by atoms with Gasteiger partial charge in [0.05, 0.1) is 5.56 Å². The van der Waals surface area contributed by atoms with Crippen LogP contribution in [0.4, 0.5) is 17.6 Å². The maximum atomic E-state index is 13.4. The predicted molar refractivity (Wildman–Crippen MR) is 63.7 cm³/mol. The molecule has 1 aromatic heterocycles. The van der Waals surface area contributed by atoms with Gasteiger partial charge in [0.1, 0.15) is 23.4 Å². The molecule has 0 unspecified atom stereocenters. The van der Waals surface area contributed by atoms with Gasteiger partial charge < -0.3 is 0 Å². The first-order valence-corrected chi connectivity index (χ1v) is 5.62. The number of benzene rings is 1. The number of halogens is 4. The summed E-state index contributed by atoms with van der Waals surface area (Å²) >= 11 is 0. The van der Waals surface area contributed by atoms with Crippen LogP contribution >= 0.6 is 0 Å². The largest absolute Gasteiger partial charge is 0.289 e. The first kappa shape index (κ1) is 14.7. The molecular formula is C14H6F4N2O. The molecular weight excluding hydrogens is 288 g/mol.